The Hall–Kier alpha value is -2.21. The van der Waals surface area contributed by atoms with Crippen molar-refractivity contribution in [3.8, 4) is 0 Å². The molecule has 0 atom stereocenters. The minimum atomic E-state index is 0.0677. The molecule has 3 rings (SSSR count). The summed E-state index contributed by atoms with van der Waals surface area (Å²) < 4.78 is 1.89. The topological polar surface area (TPSA) is 63.1 Å². The molecule has 3 heterocycles. The monoisotopic (exact) mass is 341 g/mol. The van der Waals surface area contributed by atoms with Crippen molar-refractivity contribution < 1.29 is 4.79 Å². The maximum Gasteiger partial charge on any atom is 0.228 e. The largest absolute Gasteiger partial charge is 0.310 e. The highest BCUT2D eigenvalue weighted by molar-refractivity contribution is 5.91. The van der Waals surface area contributed by atoms with Crippen LogP contribution in [0.3, 0.4) is 0 Å². The van der Waals surface area contributed by atoms with E-state index in [2.05, 4.69) is 33.4 Å². The van der Waals surface area contributed by atoms with Crippen LogP contribution in [0.4, 0.5) is 5.82 Å². The number of hydrogen-bond donors (Lipinski definition) is 1. The molecule has 1 saturated heterocycles. The highest BCUT2D eigenvalue weighted by Crippen LogP contribution is 2.21. The molecule has 2 aromatic heterocycles. The van der Waals surface area contributed by atoms with E-state index in [4.69, 9.17) is 0 Å². The predicted molar refractivity (Wildman–Crippen MR) is 98.2 cm³/mol. The molecule has 1 aliphatic rings. The summed E-state index contributed by atoms with van der Waals surface area (Å²) in [6.45, 7) is 6.94. The number of rotatable bonds is 5. The first kappa shape index (κ1) is 17.6. The van der Waals surface area contributed by atoms with E-state index < -0.39 is 0 Å². The Morgan fingerprint density at radius 3 is 2.80 bits per heavy atom. The van der Waals surface area contributed by atoms with Crippen LogP contribution in [0.2, 0.25) is 0 Å². The third-order valence-electron chi connectivity index (χ3n) is 4.85. The van der Waals surface area contributed by atoms with Gasteiger partial charge in [0.1, 0.15) is 5.82 Å². The number of carbonyl (C=O) groups is 1. The summed E-state index contributed by atoms with van der Waals surface area (Å²) in [5.74, 6) is 0.807. The number of aryl methyl sites for hydroxylation is 3. The Morgan fingerprint density at radius 2 is 2.12 bits per heavy atom. The molecule has 0 aliphatic carbocycles. The van der Waals surface area contributed by atoms with E-state index in [0.29, 0.717) is 5.82 Å². The first-order chi connectivity index (χ1) is 12.0. The molecule has 25 heavy (non-hydrogen) atoms. The van der Waals surface area contributed by atoms with Crippen LogP contribution in [-0.4, -0.2) is 38.7 Å². The van der Waals surface area contributed by atoms with Gasteiger partial charge in [-0.25, -0.2) is 4.98 Å². The minimum absolute atomic E-state index is 0.0677. The van der Waals surface area contributed by atoms with E-state index in [-0.39, 0.29) is 11.8 Å². The third-order valence-corrected chi connectivity index (χ3v) is 4.85. The van der Waals surface area contributed by atoms with E-state index in [1.165, 1.54) is 11.3 Å². The van der Waals surface area contributed by atoms with Crippen LogP contribution in [0, 0.1) is 12.8 Å². The number of aromatic nitrogens is 3. The highest BCUT2D eigenvalue weighted by atomic mass is 16.1. The highest BCUT2D eigenvalue weighted by Gasteiger charge is 2.25. The standard InChI is InChI=1S/C19H27N5O/c1-4-17-16(12-23(3)22-17)13-24-9-6-15(7-10-24)19(25)21-18-11-14(2)5-8-20-18/h5,8,11-12,15H,4,6-7,9-10,13H2,1-3H3,(H,20,21,25). The van der Waals surface area contributed by atoms with E-state index in [1.54, 1.807) is 6.20 Å². The second-order valence-electron chi connectivity index (χ2n) is 6.89. The average Bonchev–Trinajstić information content (AvgIpc) is 2.95. The van der Waals surface area contributed by atoms with Gasteiger partial charge in [-0.15, -0.1) is 0 Å². The summed E-state index contributed by atoms with van der Waals surface area (Å²) in [5.41, 5.74) is 3.58. The Morgan fingerprint density at radius 1 is 1.36 bits per heavy atom. The number of piperidine rings is 1. The Balaban J connectivity index is 1.52. The quantitative estimate of drug-likeness (QED) is 0.908. The van der Waals surface area contributed by atoms with Gasteiger partial charge in [-0.1, -0.05) is 6.92 Å². The van der Waals surface area contributed by atoms with Gasteiger partial charge >= 0.3 is 0 Å². The molecular formula is C19H27N5O. The molecule has 1 fully saturated rings. The molecule has 0 aromatic carbocycles. The molecule has 1 N–H and O–H groups in total. The van der Waals surface area contributed by atoms with Crippen LogP contribution >= 0.6 is 0 Å². The van der Waals surface area contributed by atoms with Crippen LogP contribution < -0.4 is 5.32 Å². The molecule has 6 heteroatoms. The second kappa shape index (κ2) is 7.78. The van der Waals surface area contributed by atoms with Gasteiger partial charge in [0.2, 0.25) is 5.91 Å². The summed E-state index contributed by atoms with van der Waals surface area (Å²) in [6, 6.07) is 3.83. The summed E-state index contributed by atoms with van der Waals surface area (Å²) >= 11 is 0. The summed E-state index contributed by atoms with van der Waals surface area (Å²) in [7, 11) is 1.97. The summed E-state index contributed by atoms with van der Waals surface area (Å²) in [6.07, 6.45) is 6.57. The zero-order valence-electron chi connectivity index (χ0n) is 15.3. The molecule has 0 saturated carbocycles. The van der Waals surface area contributed by atoms with Crippen LogP contribution in [0.5, 0.6) is 0 Å². The van der Waals surface area contributed by atoms with E-state index in [9.17, 15) is 4.79 Å². The average molecular weight is 341 g/mol. The van der Waals surface area contributed by atoms with E-state index in [1.807, 2.05) is 30.8 Å². The van der Waals surface area contributed by atoms with Crippen LogP contribution in [0.15, 0.2) is 24.5 Å². The number of likely N-dealkylation sites (tertiary alicyclic amines) is 1. The molecule has 6 nitrogen and oxygen atoms in total. The summed E-state index contributed by atoms with van der Waals surface area (Å²) in [5, 5.41) is 7.47. The minimum Gasteiger partial charge on any atom is -0.310 e. The third kappa shape index (κ3) is 4.45. The fourth-order valence-electron chi connectivity index (χ4n) is 3.44. The van der Waals surface area contributed by atoms with Gasteiger partial charge in [0.25, 0.3) is 0 Å². The van der Waals surface area contributed by atoms with Crippen LogP contribution in [0.25, 0.3) is 0 Å². The van der Waals surface area contributed by atoms with Crippen molar-refractivity contribution in [2.45, 2.75) is 39.7 Å². The van der Waals surface area contributed by atoms with Crippen molar-refractivity contribution in [2.24, 2.45) is 13.0 Å². The molecule has 0 spiro atoms. The molecule has 0 bridgehead atoms. The number of pyridine rings is 1. The smallest absolute Gasteiger partial charge is 0.228 e. The van der Waals surface area contributed by atoms with Crippen molar-refractivity contribution in [3.63, 3.8) is 0 Å². The van der Waals surface area contributed by atoms with Gasteiger partial charge in [-0.2, -0.15) is 5.10 Å². The first-order valence-electron chi connectivity index (χ1n) is 9.02. The Bertz CT molecular complexity index is 731. The fourth-order valence-corrected chi connectivity index (χ4v) is 3.44. The van der Waals surface area contributed by atoms with Crippen LogP contribution in [-0.2, 0) is 24.8 Å². The fraction of sp³-hybridized carbons (Fsp3) is 0.526. The lowest BCUT2D eigenvalue weighted by Crippen LogP contribution is -2.38. The zero-order valence-corrected chi connectivity index (χ0v) is 15.3. The van der Waals surface area contributed by atoms with Crippen molar-refractivity contribution in [3.05, 3.63) is 41.3 Å². The number of nitrogens with one attached hydrogen (secondary N) is 1. The maximum atomic E-state index is 12.5. The molecule has 2 aromatic rings. The Labute approximate surface area is 149 Å². The molecule has 1 aliphatic heterocycles. The zero-order chi connectivity index (χ0) is 17.8. The van der Waals surface area contributed by atoms with Crippen LogP contribution in [0.1, 0.15) is 36.6 Å². The number of amides is 1. The lowest BCUT2D eigenvalue weighted by Gasteiger charge is -2.31. The van der Waals surface area contributed by atoms with Gasteiger partial charge in [0.15, 0.2) is 0 Å². The molecule has 0 radical (unpaired) electrons. The molecule has 0 unspecified atom stereocenters. The number of carbonyl (C=O) groups excluding carboxylic acids is 1. The number of nitrogens with zero attached hydrogens (tertiary/aromatic N) is 4. The van der Waals surface area contributed by atoms with E-state index >= 15 is 0 Å². The Kier molecular flexibility index (Phi) is 5.48. The SMILES string of the molecule is CCc1nn(C)cc1CN1CCC(C(=O)Nc2cc(C)ccn2)CC1. The molecular weight excluding hydrogens is 314 g/mol. The first-order valence-corrected chi connectivity index (χ1v) is 9.02. The van der Waals surface area contributed by atoms with Gasteiger partial charge in [-0.3, -0.25) is 14.4 Å². The van der Waals surface area contributed by atoms with Crippen molar-refractivity contribution in [1.82, 2.24) is 19.7 Å². The molecule has 1 amide bonds. The summed E-state index contributed by atoms with van der Waals surface area (Å²) in [4.78, 5) is 19.1. The van der Waals surface area contributed by atoms with E-state index in [0.717, 1.165) is 44.5 Å². The van der Waals surface area contributed by atoms with Gasteiger partial charge in [-0.05, 0) is 57.0 Å². The maximum absolute atomic E-state index is 12.5. The lowest BCUT2D eigenvalue weighted by atomic mass is 9.95. The molecule has 134 valence electrons. The van der Waals surface area contributed by atoms with Gasteiger partial charge < -0.3 is 5.32 Å². The van der Waals surface area contributed by atoms with Gasteiger partial charge in [0.05, 0.1) is 5.69 Å². The van der Waals surface area contributed by atoms with Crippen molar-refractivity contribution in [1.29, 1.82) is 0 Å². The lowest BCUT2D eigenvalue weighted by molar-refractivity contribution is -0.121. The van der Waals surface area contributed by atoms with Crippen molar-refractivity contribution >= 4 is 11.7 Å². The number of anilines is 1. The predicted octanol–water partition coefficient (Wildman–Crippen LogP) is 2.54. The normalized spacial score (nSPS) is 16.1. The van der Waals surface area contributed by atoms with Crippen molar-refractivity contribution in [2.75, 3.05) is 18.4 Å². The number of hydrogen-bond acceptors (Lipinski definition) is 4. The van der Waals surface area contributed by atoms with Gasteiger partial charge in [0, 0.05) is 37.5 Å². The second-order valence-corrected chi connectivity index (χ2v) is 6.89.